The van der Waals surface area contributed by atoms with Crippen LogP contribution >= 0.6 is 0 Å². The van der Waals surface area contributed by atoms with E-state index in [1.54, 1.807) is 43.1 Å². The van der Waals surface area contributed by atoms with Gasteiger partial charge < -0.3 is 4.90 Å². The van der Waals surface area contributed by atoms with Crippen molar-refractivity contribution in [2.24, 2.45) is 0 Å². The second kappa shape index (κ2) is 5.45. The second-order valence-electron chi connectivity index (χ2n) is 6.74. The van der Waals surface area contributed by atoms with Crippen molar-refractivity contribution in [1.82, 2.24) is 0 Å². The number of anilines is 1. The minimum atomic E-state index is -3.58. The van der Waals surface area contributed by atoms with Gasteiger partial charge in [0.1, 0.15) is 0 Å². The Morgan fingerprint density at radius 2 is 1.67 bits per heavy atom. The van der Waals surface area contributed by atoms with Crippen LogP contribution in [0, 0.1) is 13.8 Å². The third-order valence-corrected chi connectivity index (χ3v) is 6.75. The van der Waals surface area contributed by atoms with Crippen LogP contribution in [-0.4, -0.2) is 27.1 Å². The Balaban J connectivity index is 2.08. The Bertz CT molecular complexity index is 916. The summed E-state index contributed by atoms with van der Waals surface area (Å²) in [5.41, 5.74) is 2.51. The summed E-state index contributed by atoms with van der Waals surface area (Å²) in [6, 6.07) is 12.4. The number of aryl methyl sites for hydroxylation is 2. The normalized spacial score (nSPS) is 20.3. The van der Waals surface area contributed by atoms with Gasteiger partial charge in [0.15, 0.2) is 9.84 Å². The monoisotopic (exact) mass is 343 g/mol. The van der Waals surface area contributed by atoms with E-state index in [1.807, 2.05) is 32.0 Å². The van der Waals surface area contributed by atoms with E-state index in [9.17, 15) is 13.2 Å². The number of carbonyl (C=O) groups excluding carboxylic acids is 1. The van der Waals surface area contributed by atoms with Crippen LogP contribution in [0.2, 0.25) is 0 Å². The third kappa shape index (κ3) is 2.44. The summed E-state index contributed by atoms with van der Waals surface area (Å²) in [7, 11) is -1.87. The highest BCUT2D eigenvalue weighted by Gasteiger charge is 2.49. The van der Waals surface area contributed by atoms with Crippen LogP contribution in [0.3, 0.4) is 0 Å². The Kier molecular flexibility index (Phi) is 3.79. The second-order valence-corrected chi connectivity index (χ2v) is 8.73. The van der Waals surface area contributed by atoms with Crippen molar-refractivity contribution in [2.45, 2.75) is 31.1 Å². The van der Waals surface area contributed by atoms with Gasteiger partial charge in [-0.05, 0) is 44.0 Å². The van der Waals surface area contributed by atoms with Gasteiger partial charge >= 0.3 is 0 Å². The summed E-state index contributed by atoms with van der Waals surface area (Å²) in [6.45, 7) is 5.57. The van der Waals surface area contributed by atoms with Crippen LogP contribution in [0.4, 0.5) is 5.69 Å². The molecule has 0 saturated carbocycles. The Morgan fingerprint density at radius 3 is 2.29 bits per heavy atom. The molecule has 0 N–H and O–H groups in total. The van der Waals surface area contributed by atoms with Crippen LogP contribution in [0.5, 0.6) is 0 Å². The van der Waals surface area contributed by atoms with E-state index in [4.69, 9.17) is 0 Å². The predicted molar refractivity (Wildman–Crippen MR) is 95.2 cm³/mol. The van der Waals surface area contributed by atoms with Gasteiger partial charge in [-0.25, -0.2) is 8.42 Å². The number of sulfone groups is 1. The van der Waals surface area contributed by atoms with E-state index >= 15 is 0 Å². The SMILES string of the molecule is Cc1ccc(S(=O)(=O)CC2(C)C(=O)N(C)c3c(C)cccc32)cc1. The molecule has 0 saturated heterocycles. The number of nitrogens with zero attached hydrogens (tertiary/aromatic N) is 1. The number of fused-ring (bicyclic) bond motifs is 1. The first kappa shape index (κ1) is 16.7. The number of carbonyl (C=O) groups is 1. The number of likely N-dealkylation sites (N-methyl/N-ethyl adjacent to an activating group) is 1. The average molecular weight is 343 g/mol. The first-order valence-corrected chi connectivity index (χ1v) is 9.50. The molecular weight excluding hydrogens is 322 g/mol. The average Bonchev–Trinajstić information content (AvgIpc) is 2.70. The molecule has 1 aliphatic rings. The van der Waals surface area contributed by atoms with Gasteiger partial charge in [-0.3, -0.25) is 4.79 Å². The first-order valence-electron chi connectivity index (χ1n) is 7.84. The molecule has 4 nitrogen and oxygen atoms in total. The van der Waals surface area contributed by atoms with Gasteiger partial charge in [0.2, 0.25) is 5.91 Å². The molecular formula is C19H21NO3S. The van der Waals surface area contributed by atoms with Crippen molar-refractivity contribution >= 4 is 21.4 Å². The molecule has 0 aromatic heterocycles. The molecule has 1 amide bonds. The van der Waals surface area contributed by atoms with Gasteiger partial charge in [0, 0.05) is 7.05 Å². The van der Waals surface area contributed by atoms with E-state index < -0.39 is 15.3 Å². The van der Waals surface area contributed by atoms with Crippen LogP contribution in [0.25, 0.3) is 0 Å². The number of rotatable bonds is 3. The zero-order chi connectivity index (χ0) is 17.7. The maximum atomic E-state index is 12.9. The van der Waals surface area contributed by atoms with Crippen molar-refractivity contribution in [2.75, 3.05) is 17.7 Å². The van der Waals surface area contributed by atoms with Crippen LogP contribution in [0.1, 0.15) is 23.6 Å². The molecule has 1 unspecified atom stereocenters. The number of para-hydroxylation sites is 1. The number of hydrogen-bond donors (Lipinski definition) is 0. The molecule has 1 atom stereocenters. The molecule has 2 aromatic rings. The lowest BCUT2D eigenvalue weighted by Crippen LogP contribution is -2.41. The van der Waals surface area contributed by atoms with Gasteiger partial charge in [-0.1, -0.05) is 35.9 Å². The third-order valence-electron chi connectivity index (χ3n) is 4.80. The highest BCUT2D eigenvalue weighted by Crippen LogP contribution is 2.44. The smallest absolute Gasteiger partial charge is 0.238 e. The quantitative estimate of drug-likeness (QED) is 0.861. The van der Waals surface area contributed by atoms with E-state index in [0.717, 1.165) is 22.4 Å². The number of amides is 1. The minimum Gasteiger partial charge on any atom is -0.314 e. The Hall–Kier alpha value is -2.14. The van der Waals surface area contributed by atoms with E-state index in [-0.39, 0.29) is 16.6 Å². The molecule has 3 rings (SSSR count). The van der Waals surface area contributed by atoms with E-state index in [0.29, 0.717) is 0 Å². The van der Waals surface area contributed by atoms with E-state index in [2.05, 4.69) is 0 Å². The zero-order valence-electron chi connectivity index (χ0n) is 14.3. The van der Waals surface area contributed by atoms with Crippen molar-refractivity contribution < 1.29 is 13.2 Å². The van der Waals surface area contributed by atoms with Gasteiger partial charge in [-0.2, -0.15) is 0 Å². The lowest BCUT2D eigenvalue weighted by molar-refractivity contribution is -0.121. The minimum absolute atomic E-state index is 0.178. The molecule has 126 valence electrons. The summed E-state index contributed by atoms with van der Waals surface area (Å²) in [4.78, 5) is 14.7. The summed E-state index contributed by atoms with van der Waals surface area (Å²) in [5.74, 6) is -0.412. The van der Waals surface area contributed by atoms with Crippen LogP contribution in [-0.2, 0) is 20.0 Å². The largest absolute Gasteiger partial charge is 0.314 e. The maximum Gasteiger partial charge on any atom is 0.238 e. The maximum absolute atomic E-state index is 12.9. The van der Waals surface area contributed by atoms with Gasteiger partial charge in [-0.15, -0.1) is 0 Å². The zero-order valence-corrected chi connectivity index (χ0v) is 15.1. The van der Waals surface area contributed by atoms with Crippen LogP contribution in [0.15, 0.2) is 47.4 Å². The fourth-order valence-corrected chi connectivity index (χ4v) is 5.24. The van der Waals surface area contributed by atoms with Gasteiger partial charge in [0.05, 0.1) is 21.8 Å². The topological polar surface area (TPSA) is 54.5 Å². The lowest BCUT2D eigenvalue weighted by atomic mass is 9.85. The number of benzene rings is 2. The molecule has 0 bridgehead atoms. The molecule has 0 spiro atoms. The molecule has 1 heterocycles. The van der Waals surface area contributed by atoms with Crippen molar-refractivity contribution in [3.63, 3.8) is 0 Å². The summed E-state index contributed by atoms with van der Waals surface area (Å²) >= 11 is 0. The summed E-state index contributed by atoms with van der Waals surface area (Å²) in [5, 5.41) is 0. The fourth-order valence-electron chi connectivity index (χ4n) is 3.48. The fraction of sp³-hybridized carbons (Fsp3) is 0.316. The highest BCUT2D eigenvalue weighted by molar-refractivity contribution is 7.91. The number of hydrogen-bond acceptors (Lipinski definition) is 3. The van der Waals surface area contributed by atoms with Crippen molar-refractivity contribution in [3.8, 4) is 0 Å². The van der Waals surface area contributed by atoms with Crippen molar-refractivity contribution in [3.05, 3.63) is 59.2 Å². The molecule has 0 fully saturated rings. The highest BCUT2D eigenvalue weighted by atomic mass is 32.2. The lowest BCUT2D eigenvalue weighted by Gasteiger charge is -2.23. The van der Waals surface area contributed by atoms with Gasteiger partial charge in [0.25, 0.3) is 0 Å². The molecule has 5 heteroatoms. The first-order chi connectivity index (χ1) is 11.2. The van der Waals surface area contributed by atoms with E-state index in [1.165, 1.54) is 0 Å². The summed E-state index contributed by atoms with van der Waals surface area (Å²) in [6.07, 6.45) is 0. The molecule has 1 aliphatic heterocycles. The molecule has 2 aromatic carbocycles. The summed E-state index contributed by atoms with van der Waals surface area (Å²) < 4.78 is 25.8. The predicted octanol–water partition coefficient (Wildman–Crippen LogP) is 3.01. The van der Waals surface area contributed by atoms with Crippen LogP contribution < -0.4 is 4.90 Å². The Labute approximate surface area is 143 Å². The molecule has 0 aliphatic carbocycles. The Morgan fingerprint density at radius 1 is 1.04 bits per heavy atom. The van der Waals surface area contributed by atoms with Crippen molar-refractivity contribution in [1.29, 1.82) is 0 Å². The molecule has 24 heavy (non-hydrogen) atoms. The molecule has 0 radical (unpaired) electrons. The standard InChI is InChI=1S/C19H21NO3S/c1-13-8-10-15(11-9-13)24(22,23)12-19(3)16-7-5-6-14(2)17(16)20(4)18(19)21/h5-11H,12H2,1-4H3.